The molecule has 53 heavy (non-hydrogen) atoms. The number of hydrogen-bond acceptors (Lipinski definition) is 7. The van der Waals surface area contributed by atoms with E-state index in [0.717, 1.165) is 60.8 Å². The molecular formula is C34H35ClF3I3N8O3V-2. The average Bonchev–Trinajstić information content (AvgIpc) is 3.99. The molecule has 0 bridgehead atoms. The molecule has 3 N–H and O–H groups in total. The van der Waals surface area contributed by atoms with Gasteiger partial charge in [-0.25, -0.2) is 9.97 Å². The van der Waals surface area contributed by atoms with E-state index in [1.165, 1.54) is 19.2 Å². The molecule has 1 aliphatic heterocycles. The number of rotatable bonds is 6. The van der Waals surface area contributed by atoms with Gasteiger partial charge in [0.1, 0.15) is 11.6 Å². The number of alkyl halides is 3. The maximum absolute atomic E-state index is 12.3. The maximum atomic E-state index is 12.3. The predicted octanol–water partition coefficient (Wildman–Crippen LogP) is 10.9. The van der Waals surface area contributed by atoms with Crippen LogP contribution in [0.15, 0.2) is 61.4 Å². The van der Waals surface area contributed by atoms with Crippen LogP contribution in [0.3, 0.4) is 0 Å². The fourth-order valence-corrected chi connectivity index (χ4v) is 6.29. The molecular weight excluding hydrogens is 1090 g/mol. The van der Waals surface area contributed by atoms with Crippen molar-refractivity contribution in [1.82, 2.24) is 35.2 Å². The van der Waals surface area contributed by atoms with Gasteiger partial charge in [-0.3, -0.25) is 19.8 Å². The van der Waals surface area contributed by atoms with Gasteiger partial charge in [-0.1, -0.05) is 67.4 Å². The van der Waals surface area contributed by atoms with E-state index in [1.54, 1.807) is 25.5 Å². The van der Waals surface area contributed by atoms with Gasteiger partial charge in [0.05, 0.1) is 45.3 Å². The first-order valence-corrected chi connectivity index (χ1v) is 26.9. The molecule has 1 atom stereocenters. The zero-order valence-electron chi connectivity index (χ0n) is 28.2. The molecule has 5 aromatic rings. The summed E-state index contributed by atoms with van der Waals surface area (Å²) in [6.45, 7) is 2.79. The summed E-state index contributed by atoms with van der Waals surface area (Å²) in [4.78, 5) is 47.0. The first-order valence-electron chi connectivity index (χ1n) is 16.0. The number of aromatic nitrogens is 6. The van der Waals surface area contributed by atoms with Gasteiger partial charge in [0, 0.05) is 17.0 Å². The van der Waals surface area contributed by atoms with Crippen molar-refractivity contribution in [2.45, 2.75) is 63.6 Å². The van der Waals surface area contributed by atoms with Gasteiger partial charge in [-0.15, -0.1) is 0 Å². The molecule has 0 amide bonds. The fourth-order valence-electron chi connectivity index (χ4n) is 5.99. The Morgan fingerprint density at radius 1 is 1.02 bits per heavy atom. The molecule has 7 rings (SSSR count). The van der Waals surface area contributed by atoms with Gasteiger partial charge in [0.2, 0.25) is 6.29 Å². The van der Waals surface area contributed by atoms with Gasteiger partial charge >= 0.3 is 55.6 Å². The third-order valence-corrected chi connectivity index (χ3v) is 8.59. The van der Waals surface area contributed by atoms with Crippen LogP contribution in [0, 0.1) is 22.0 Å². The molecule has 19 heteroatoms. The SMILES string of the molecule is Cc1c(-c2cnc(C3CCCC3)[nH]2)cc(Cl)c(-c2ccc(-c3cnc([C@@H]4CCCN4)[nH]3)cc2)c1[N+](=O)[O-].O=CC(F)(F)F.[CH2-]I.[I][V][I].c1c[n-]cn1. The van der Waals surface area contributed by atoms with E-state index in [2.05, 4.69) is 80.1 Å². The van der Waals surface area contributed by atoms with Crippen LogP contribution in [0.2, 0.25) is 5.02 Å². The molecule has 1 saturated heterocycles. The first kappa shape index (κ1) is 45.3. The maximum Gasteiger partial charge on any atom is -0.0843 e. The van der Waals surface area contributed by atoms with Crippen LogP contribution in [-0.2, 0) is 14.3 Å². The van der Waals surface area contributed by atoms with Crippen molar-refractivity contribution in [2.24, 2.45) is 0 Å². The van der Waals surface area contributed by atoms with Gasteiger partial charge in [-0.05, 0) is 56.3 Å². The number of nitro groups is 1. The van der Waals surface area contributed by atoms with E-state index in [9.17, 15) is 23.3 Å². The number of imidazole rings is 3. The third kappa shape index (κ3) is 13.6. The van der Waals surface area contributed by atoms with Crippen LogP contribution in [0.4, 0.5) is 18.9 Å². The molecule has 1 saturated carbocycles. The molecule has 3 aromatic heterocycles. The monoisotopic (exact) mass is 1130 g/mol. The average molecular weight is 1130 g/mol. The smallest absolute Gasteiger partial charge is 0.0843 e. The Bertz CT molecular complexity index is 1830. The molecule has 1 aliphatic carbocycles. The summed E-state index contributed by atoms with van der Waals surface area (Å²) in [7, 11) is 0.628. The summed E-state index contributed by atoms with van der Waals surface area (Å²) >= 11 is 13.4. The van der Waals surface area contributed by atoms with Gasteiger partial charge in [-0.2, -0.15) is 13.2 Å². The van der Waals surface area contributed by atoms with E-state index in [1.807, 2.05) is 59.1 Å². The Morgan fingerprint density at radius 3 is 2.11 bits per heavy atom. The van der Waals surface area contributed by atoms with E-state index in [4.69, 9.17) is 16.4 Å². The zero-order valence-corrected chi connectivity index (χ0v) is 36.8. The first-order chi connectivity index (χ1) is 25.5. The molecule has 11 nitrogen and oxygen atoms in total. The van der Waals surface area contributed by atoms with Crippen molar-refractivity contribution >= 4 is 86.1 Å². The molecule has 2 aromatic carbocycles. The van der Waals surface area contributed by atoms with Crippen LogP contribution in [-0.4, -0.2) is 48.9 Å². The number of aldehydes is 1. The van der Waals surface area contributed by atoms with Crippen molar-refractivity contribution < 1.29 is 32.4 Å². The van der Waals surface area contributed by atoms with Crippen LogP contribution in [0.25, 0.3) is 33.6 Å². The Morgan fingerprint density at radius 2 is 1.60 bits per heavy atom. The Balaban J connectivity index is 0.000000398. The summed E-state index contributed by atoms with van der Waals surface area (Å²) in [6.07, 6.45) is 9.57. The number of hydrogen-bond donors (Lipinski definition) is 3. The fraction of sp³-hybridized carbons (Fsp3) is 0.324. The minimum atomic E-state index is -4.64. The number of nitrogens with one attached hydrogen (secondary N) is 3. The van der Waals surface area contributed by atoms with Gasteiger partial charge in [0.15, 0.2) is 0 Å². The number of H-pyrrole nitrogens is 2. The van der Waals surface area contributed by atoms with Gasteiger partial charge in [0.25, 0.3) is 5.69 Å². The summed E-state index contributed by atoms with van der Waals surface area (Å²) in [5.41, 5.74) is 5.06. The van der Waals surface area contributed by atoms with Crippen LogP contribution >= 0.6 is 74.1 Å². The number of benzene rings is 2. The van der Waals surface area contributed by atoms with Crippen molar-refractivity contribution in [3.63, 3.8) is 0 Å². The van der Waals surface area contributed by atoms with Gasteiger partial charge < -0.3 is 47.8 Å². The van der Waals surface area contributed by atoms with Crippen molar-refractivity contribution in [1.29, 1.82) is 0 Å². The molecule has 2 fully saturated rings. The van der Waals surface area contributed by atoms with Crippen molar-refractivity contribution in [3.8, 4) is 33.6 Å². The molecule has 0 unspecified atom stereocenters. The molecule has 0 spiro atoms. The topological polar surface area (TPSA) is 157 Å². The Labute approximate surface area is 352 Å². The second kappa shape index (κ2) is 23.1. The van der Waals surface area contributed by atoms with Crippen LogP contribution in [0.5, 0.6) is 0 Å². The summed E-state index contributed by atoms with van der Waals surface area (Å²) in [6, 6.07) is 9.73. The molecule has 0 radical (unpaired) electrons. The Kier molecular flexibility index (Phi) is 19.8. The number of halogens is 7. The standard InChI is InChI=1S/C28H29ClN6O2.C3H3N2.C2HF3O.CH2I.2HI.V/c1-16-20(24-15-31-27(34-24)19-5-2-3-6-19)13-21(29)25(26(16)35(36)37)18-10-8-17(9-11-18)23-14-32-28(33-23)22-7-4-12-30-22;1-2-5-3-4-1;3-2(4,5)1-6;1-2;;;/h8-11,13-15,19,22,30H,2-7,12H2,1H3,(H,31,34)(H,32,33);1-3H;1H;1H2;2*1H;/q;-1;;-1;;;+2/p-2/t22-;;;;;;/m0....../s1. The quantitative estimate of drug-likeness (QED) is 0.0499. The second-order valence-electron chi connectivity index (χ2n) is 11.5. The van der Waals surface area contributed by atoms with Crippen LogP contribution in [0.1, 0.15) is 67.7 Å². The summed E-state index contributed by atoms with van der Waals surface area (Å²) < 4.78 is 31.2. The normalized spacial score (nSPS) is 15.0. The predicted molar refractivity (Wildman–Crippen MR) is 222 cm³/mol. The number of aromatic amines is 2. The minimum Gasteiger partial charge on any atom is -0.450 e. The summed E-state index contributed by atoms with van der Waals surface area (Å²) in [5, 5.41) is 16.1. The number of nitrogens with zero attached hydrogens (tertiary/aromatic N) is 5. The van der Waals surface area contributed by atoms with E-state index < -0.39 is 12.5 Å². The van der Waals surface area contributed by atoms with Crippen molar-refractivity contribution in [3.05, 3.63) is 98.7 Å². The van der Waals surface area contributed by atoms with E-state index >= 15 is 0 Å². The summed E-state index contributed by atoms with van der Waals surface area (Å²) in [5.74, 6) is 2.32. The van der Waals surface area contributed by atoms with E-state index in [-0.39, 0.29) is 16.7 Å². The third-order valence-electron chi connectivity index (χ3n) is 8.29. The van der Waals surface area contributed by atoms with Crippen LogP contribution < -0.4 is 10.3 Å². The molecule has 4 heterocycles. The number of nitro benzene ring substituents is 1. The molecule has 285 valence electrons. The minimum absolute atomic E-state index is 0.0170. The Hall–Kier alpha value is -2.05. The van der Waals surface area contributed by atoms with Crippen molar-refractivity contribution in [2.75, 3.05) is 6.54 Å². The van der Waals surface area contributed by atoms with E-state index in [0.29, 0.717) is 42.7 Å². The number of carbonyl (C=O) groups excluding carboxylic acids is 1. The number of carbonyl (C=O) groups is 1. The largest absolute Gasteiger partial charge is 0.450 e. The molecule has 2 aliphatic rings. The second-order valence-corrected chi connectivity index (χ2v) is 23.7. The zero-order chi connectivity index (χ0) is 39.0.